The van der Waals surface area contributed by atoms with Crippen molar-refractivity contribution in [2.75, 3.05) is 0 Å². The average Bonchev–Trinajstić information content (AvgIpc) is 3.22. The van der Waals surface area contributed by atoms with E-state index in [9.17, 15) is 18.4 Å². The first kappa shape index (κ1) is 16.5. The minimum Gasteiger partial charge on any atom is -0.192 e. The molecule has 0 aliphatic heterocycles. The lowest BCUT2D eigenvalue weighted by molar-refractivity contribution is -0.0875. The Bertz CT molecular complexity index is 886. The first-order chi connectivity index (χ1) is 10.9. The second-order valence-corrected chi connectivity index (χ2v) is 5.18. The van der Waals surface area contributed by atoms with Crippen LogP contribution in [0.3, 0.4) is 0 Å². The monoisotopic (exact) mass is 375 g/mol. The van der Waals surface area contributed by atoms with Crippen LogP contribution < -0.4 is 0 Å². The highest BCUT2D eigenvalue weighted by Crippen LogP contribution is 2.55. The third-order valence-electron chi connectivity index (χ3n) is 3.07. The molecule has 0 spiro atoms. The molecule has 0 unspecified atom stereocenters. The average molecular weight is 376 g/mol. The van der Waals surface area contributed by atoms with Crippen LogP contribution in [0.15, 0.2) is 57.1 Å². The number of halogens is 4. The molecule has 0 N–H and O–H groups in total. The third kappa shape index (κ3) is 3.04. The minimum atomic E-state index is -4.86. The Hall–Kier alpha value is -2.82. The Morgan fingerprint density at radius 2 is 1.48 bits per heavy atom. The summed E-state index contributed by atoms with van der Waals surface area (Å²) in [5.74, 6) is 0. The predicted octanol–water partition coefficient (Wildman–Crippen LogP) is 4.53. The molecule has 0 saturated heterocycles. The molecule has 112 valence electrons. The molecule has 23 heavy (non-hydrogen) atoms. The van der Waals surface area contributed by atoms with Gasteiger partial charge in [0.05, 0.1) is 5.57 Å². The molecule has 2 rings (SSSR count). The van der Waals surface area contributed by atoms with Gasteiger partial charge in [0.25, 0.3) is 0 Å². The van der Waals surface area contributed by atoms with Gasteiger partial charge in [0.15, 0.2) is 0 Å². The van der Waals surface area contributed by atoms with Crippen molar-refractivity contribution in [2.24, 2.45) is 0 Å². The first-order valence-corrected chi connectivity index (χ1v) is 6.88. The first-order valence-electron chi connectivity index (χ1n) is 6.09. The molecule has 1 aromatic carbocycles. The molecule has 0 atom stereocenters. The lowest BCUT2D eigenvalue weighted by Gasteiger charge is -2.01. The van der Waals surface area contributed by atoms with Gasteiger partial charge in [0, 0.05) is 16.7 Å². The fourth-order valence-corrected chi connectivity index (χ4v) is 2.49. The highest BCUT2D eigenvalue weighted by atomic mass is 79.9. The third-order valence-corrected chi connectivity index (χ3v) is 3.65. The topological polar surface area (TPSA) is 71.4 Å². The van der Waals surface area contributed by atoms with Crippen molar-refractivity contribution in [3.63, 3.8) is 0 Å². The number of hydrogen-bond acceptors (Lipinski definition) is 3. The van der Waals surface area contributed by atoms with E-state index in [1.54, 1.807) is 36.4 Å². The molecular formula is C16H5BrF3N3. The molecule has 1 saturated carbocycles. The van der Waals surface area contributed by atoms with Crippen molar-refractivity contribution < 1.29 is 13.2 Å². The van der Waals surface area contributed by atoms with Crippen molar-refractivity contribution >= 4 is 21.5 Å². The standard InChI is InChI=1S/C16H5BrF3N3/c17-12(8-23)15-13(14(15)11(7-22)16(18,19)20)10(6-21)9-4-2-1-3-5-9/h1-5H. The van der Waals surface area contributed by atoms with Gasteiger partial charge < -0.3 is 0 Å². The summed E-state index contributed by atoms with van der Waals surface area (Å²) in [4.78, 5) is 0. The molecule has 1 fully saturated rings. The molecule has 1 aliphatic carbocycles. The smallest absolute Gasteiger partial charge is 0.192 e. The zero-order valence-corrected chi connectivity index (χ0v) is 12.8. The number of allylic oxidation sites excluding steroid dienone is 6. The van der Waals surface area contributed by atoms with Crippen molar-refractivity contribution in [3.05, 3.63) is 62.7 Å². The Kier molecular flexibility index (Phi) is 4.40. The molecule has 7 heteroatoms. The fourth-order valence-electron chi connectivity index (χ4n) is 2.09. The van der Waals surface area contributed by atoms with Crippen LogP contribution in [0, 0.1) is 34.0 Å². The summed E-state index contributed by atoms with van der Waals surface area (Å²) in [5, 5.41) is 27.1. The zero-order valence-electron chi connectivity index (χ0n) is 11.2. The summed E-state index contributed by atoms with van der Waals surface area (Å²) >= 11 is 2.88. The van der Waals surface area contributed by atoms with Crippen LogP contribution in [-0.2, 0) is 0 Å². The van der Waals surface area contributed by atoms with E-state index in [0.717, 1.165) is 6.07 Å². The molecule has 0 heterocycles. The van der Waals surface area contributed by atoms with E-state index in [1.807, 2.05) is 6.07 Å². The van der Waals surface area contributed by atoms with Gasteiger partial charge in [-0.25, -0.2) is 0 Å². The SMILES string of the molecule is N#CC(Br)=C1C(=C(C#N)c2ccccc2)C1=C(C#N)C(F)(F)F. The van der Waals surface area contributed by atoms with Crippen molar-refractivity contribution in [1.29, 1.82) is 15.8 Å². The minimum absolute atomic E-state index is 0.0141. The molecule has 1 aliphatic rings. The van der Waals surface area contributed by atoms with Crippen LogP contribution in [0.4, 0.5) is 13.2 Å². The maximum absolute atomic E-state index is 13.0. The molecule has 0 radical (unpaired) electrons. The fraction of sp³-hybridized carbons (Fsp3) is 0.0625. The van der Waals surface area contributed by atoms with Crippen LogP contribution in [0.5, 0.6) is 0 Å². The lowest BCUT2D eigenvalue weighted by Crippen LogP contribution is -2.10. The van der Waals surface area contributed by atoms with E-state index < -0.39 is 17.3 Å². The van der Waals surface area contributed by atoms with Crippen LogP contribution >= 0.6 is 15.9 Å². The molecule has 1 aromatic rings. The van der Waals surface area contributed by atoms with Crippen molar-refractivity contribution in [3.8, 4) is 18.2 Å². The highest BCUT2D eigenvalue weighted by Gasteiger charge is 2.48. The molecule has 0 aromatic heterocycles. The van der Waals surface area contributed by atoms with Gasteiger partial charge in [-0.2, -0.15) is 29.0 Å². The van der Waals surface area contributed by atoms with Gasteiger partial charge in [0.2, 0.25) is 0 Å². The number of rotatable bonds is 1. The summed E-state index contributed by atoms with van der Waals surface area (Å²) in [7, 11) is 0. The maximum atomic E-state index is 13.0. The molecule has 3 nitrogen and oxygen atoms in total. The summed E-state index contributed by atoms with van der Waals surface area (Å²) < 4.78 is 38.8. The number of hydrogen-bond donors (Lipinski definition) is 0. The molecule has 0 bridgehead atoms. The van der Waals surface area contributed by atoms with E-state index in [-0.39, 0.29) is 21.2 Å². The lowest BCUT2D eigenvalue weighted by atomic mass is 10.1. The van der Waals surface area contributed by atoms with E-state index in [0.29, 0.717) is 5.56 Å². The second-order valence-electron chi connectivity index (χ2n) is 4.39. The Labute approximate surface area is 138 Å². The maximum Gasteiger partial charge on any atom is 0.426 e. The Balaban J connectivity index is 2.84. The molecule has 0 amide bonds. The van der Waals surface area contributed by atoms with Crippen LogP contribution in [0.25, 0.3) is 5.57 Å². The normalized spacial score (nSPS) is 19.9. The number of benzene rings is 1. The van der Waals surface area contributed by atoms with E-state index in [4.69, 9.17) is 10.5 Å². The van der Waals surface area contributed by atoms with Gasteiger partial charge in [-0.15, -0.1) is 0 Å². The Morgan fingerprint density at radius 1 is 0.870 bits per heavy atom. The van der Waals surface area contributed by atoms with Gasteiger partial charge in [-0.1, -0.05) is 30.3 Å². The number of nitriles is 3. The summed E-state index contributed by atoms with van der Waals surface area (Å²) in [6, 6.07) is 12.8. The van der Waals surface area contributed by atoms with E-state index in [2.05, 4.69) is 15.9 Å². The highest BCUT2D eigenvalue weighted by molar-refractivity contribution is 9.12. The van der Waals surface area contributed by atoms with Gasteiger partial charge in [0.1, 0.15) is 28.3 Å². The quantitative estimate of drug-likeness (QED) is 0.676. The van der Waals surface area contributed by atoms with Gasteiger partial charge in [-0.05, 0) is 21.5 Å². The van der Waals surface area contributed by atoms with Gasteiger partial charge in [-0.3, -0.25) is 0 Å². The van der Waals surface area contributed by atoms with Crippen molar-refractivity contribution in [2.45, 2.75) is 6.18 Å². The van der Waals surface area contributed by atoms with Crippen LogP contribution in [0.2, 0.25) is 0 Å². The van der Waals surface area contributed by atoms with E-state index >= 15 is 0 Å². The zero-order chi connectivity index (χ0) is 17.2. The molecular weight excluding hydrogens is 371 g/mol. The van der Waals surface area contributed by atoms with Crippen LogP contribution in [-0.4, -0.2) is 6.18 Å². The number of nitrogens with zero attached hydrogens (tertiary/aromatic N) is 3. The van der Waals surface area contributed by atoms with E-state index in [1.165, 1.54) is 0 Å². The predicted molar refractivity (Wildman–Crippen MR) is 79.2 cm³/mol. The Morgan fingerprint density at radius 3 is 1.91 bits per heavy atom. The second kappa shape index (κ2) is 6.12. The van der Waals surface area contributed by atoms with Crippen LogP contribution in [0.1, 0.15) is 5.56 Å². The largest absolute Gasteiger partial charge is 0.426 e. The summed E-state index contributed by atoms with van der Waals surface area (Å²) in [6.45, 7) is 0. The van der Waals surface area contributed by atoms with Crippen molar-refractivity contribution in [1.82, 2.24) is 0 Å². The summed E-state index contributed by atoms with van der Waals surface area (Å²) in [6.07, 6.45) is -4.86. The number of alkyl halides is 3. The van der Waals surface area contributed by atoms with Gasteiger partial charge >= 0.3 is 6.18 Å². The summed E-state index contributed by atoms with van der Waals surface area (Å²) in [5.41, 5.74) is -1.51.